The molecule has 1 fully saturated rings. The molecule has 0 atom stereocenters. The van der Waals surface area contributed by atoms with Crippen molar-refractivity contribution in [2.45, 2.75) is 51.4 Å². The van der Waals surface area contributed by atoms with E-state index in [1.165, 1.54) is 25.5 Å². The highest BCUT2D eigenvalue weighted by atomic mass is 16.5. The van der Waals surface area contributed by atoms with Gasteiger partial charge >= 0.3 is 5.97 Å². The number of carbonyl (C=O) groups is 1. The van der Waals surface area contributed by atoms with Crippen LogP contribution in [0.3, 0.4) is 0 Å². The summed E-state index contributed by atoms with van der Waals surface area (Å²) >= 11 is 0. The average molecular weight is 379 g/mol. The van der Waals surface area contributed by atoms with Crippen molar-refractivity contribution in [2.24, 2.45) is 0 Å². The number of carboxylic acids is 1. The van der Waals surface area contributed by atoms with E-state index in [2.05, 4.69) is 17.0 Å². The van der Waals surface area contributed by atoms with Gasteiger partial charge in [0.05, 0.1) is 18.5 Å². The van der Waals surface area contributed by atoms with Crippen LogP contribution in [0.2, 0.25) is 0 Å². The van der Waals surface area contributed by atoms with Gasteiger partial charge in [0.1, 0.15) is 11.3 Å². The topological polar surface area (TPSA) is 76.7 Å². The third kappa shape index (κ3) is 3.46. The van der Waals surface area contributed by atoms with E-state index in [9.17, 15) is 9.90 Å². The third-order valence-corrected chi connectivity index (χ3v) is 5.42. The van der Waals surface area contributed by atoms with E-state index in [1.807, 2.05) is 24.3 Å². The lowest BCUT2D eigenvalue weighted by atomic mass is 9.84. The van der Waals surface area contributed by atoms with Crippen molar-refractivity contribution >= 4 is 11.6 Å². The Morgan fingerprint density at radius 3 is 2.61 bits per heavy atom. The van der Waals surface area contributed by atoms with Crippen molar-refractivity contribution in [2.75, 3.05) is 6.61 Å². The van der Waals surface area contributed by atoms with Crippen molar-refractivity contribution in [1.82, 2.24) is 14.6 Å². The van der Waals surface area contributed by atoms with Gasteiger partial charge in [-0.05, 0) is 37.0 Å². The van der Waals surface area contributed by atoms with Crippen LogP contribution in [0.25, 0.3) is 16.8 Å². The van der Waals surface area contributed by atoms with E-state index in [4.69, 9.17) is 4.74 Å². The summed E-state index contributed by atoms with van der Waals surface area (Å²) < 4.78 is 7.44. The number of carboxylic acid groups (broad SMARTS) is 1. The predicted octanol–water partition coefficient (Wildman–Crippen LogP) is 4.93. The Labute approximate surface area is 164 Å². The van der Waals surface area contributed by atoms with Crippen LogP contribution in [-0.4, -0.2) is 32.3 Å². The number of ether oxygens (including phenoxy) is 1. The summed E-state index contributed by atoms with van der Waals surface area (Å²) in [5, 5.41) is 13.9. The number of fused-ring (bicyclic) bond motifs is 1. The van der Waals surface area contributed by atoms with Gasteiger partial charge in [0.2, 0.25) is 0 Å². The highest BCUT2D eigenvalue weighted by Crippen LogP contribution is 2.38. The Kier molecular flexibility index (Phi) is 5.28. The summed E-state index contributed by atoms with van der Waals surface area (Å²) in [4.78, 5) is 16.0. The van der Waals surface area contributed by atoms with Crippen LogP contribution in [0.1, 0.15) is 67.4 Å². The third-order valence-electron chi connectivity index (χ3n) is 5.42. The molecule has 28 heavy (non-hydrogen) atoms. The number of nitrogens with zero attached hydrogens (tertiary/aromatic N) is 3. The summed E-state index contributed by atoms with van der Waals surface area (Å²) in [6.45, 7) is 2.78. The lowest BCUT2D eigenvalue weighted by Crippen LogP contribution is -2.13. The molecule has 0 spiro atoms. The molecule has 6 heteroatoms. The minimum Gasteiger partial charge on any atom is -0.494 e. The highest BCUT2D eigenvalue weighted by molar-refractivity contribution is 5.94. The first-order valence-electron chi connectivity index (χ1n) is 10.0. The van der Waals surface area contributed by atoms with Crippen molar-refractivity contribution in [1.29, 1.82) is 0 Å². The van der Waals surface area contributed by atoms with Crippen LogP contribution in [0.15, 0.2) is 36.7 Å². The molecule has 1 aliphatic carbocycles. The van der Waals surface area contributed by atoms with E-state index in [1.54, 1.807) is 10.7 Å². The van der Waals surface area contributed by atoms with Crippen molar-refractivity contribution in [3.05, 3.63) is 47.9 Å². The first kappa shape index (κ1) is 18.5. The molecular formula is C22H25N3O3. The quantitative estimate of drug-likeness (QED) is 0.657. The van der Waals surface area contributed by atoms with E-state index in [0.717, 1.165) is 41.8 Å². The van der Waals surface area contributed by atoms with Gasteiger partial charge in [-0.3, -0.25) is 0 Å². The van der Waals surface area contributed by atoms with Gasteiger partial charge in [-0.15, -0.1) is 0 Å². The van der Waals surface area contributed by atoms with Gasteiger partial charge in [-0.25, -0.2) is 14.3 Å². The van der Waals surface area contributed by atoms with Crippen molar-refractivity contribution in [3.8, 4) is 16.9 Å². The fourth-order valence-electron chi connectivity index (χ4n) is 4.04. The van der Waals surface area contributed by atoms with Gasteiger partial charge in [0, 0.05) is 17.7 Å². The lowest BCUT2D eigenvalue weighted by Gasteiger charge is -2.25. The summed E-state index contributed by atoms with van der Waals surface area (Å²) in [7, 11) is 0. The molecule has 6 nitrogen and oxygen atoms in total. The van der Waals surface area contributed by atoms with Gasteiger partial charge < -0.3 is 9.84 Å². The van der Waals surface area contributed by atoms with Crippen LogP contribution in [0.4, 0.5) is 0 Å². The normalized spacial score (nSPS) is 15.0. The smallest absolute Gasteiger partial charge is 0.341 e. The Morgan fingerprint density at radius 1 is 1.18 bits per heavy atom. The SMILES string of the molecule is CCCOc1ccc(-c2cnc3c(C(=O)O)cnn3c2C2CCCCC2)cc1. The second-order valence-corrected chi connectivity index (χ2v) is 7.36. The number of benzene rings is 1. The molecule has 1 saturated carbocycles. The maximum Gasteiger partial charge on any atom is 0.341 e. The lowest BCUT2D eigenvalue weighted by molar-refractivity contribution is 0.0698. The van der Waals surface area contributed by atoms with Crippen LogP contribution in [0.5, 0.6) is 5.75 Å². The maximum atomic E-state index is 11.5. The number of hydrogen-bond acceptors (Lipinski definition) is 4. The molecule has 2 aromatic heterocycles. The summed E-state index contributed by atoms with van der Waals surface area (Å²) in [5.74, 6) is 0.209. The molecule has 0 saturated heterocycles. The molecule has 0 radical (unpaired) electrons. The zero-order valence-electron chi connectivity index (χ0n) is 16.1. The fraction of sp³-hybridized carbons (Fsp3) is 0.409. The van der Waals surface area contributed by atoms with Gasteiger partial charge in [-0.2, -0.15) is 5.10 Å². The summed E-state index contributed by atoms with van der Waals surface area (Å²) in [5.41, 5.74) is 3.69. The molecule has 3 aromatic rings. The minimum absolute atomic E-state index is 0.145. The highest BCUT2D eigenvalue weighted by Gasteiger charge is 2.25. The molecular weight excluding hydrogens is 354 g/mol. The fourth-order valence-corrected chi connectivity index (χ4v) is 4.04. The molecule has 4 rings (SSSR count). The summed E-state index contributed by atoms with van der Waals surface area (Å²) in [6.07, 6.45) is 9.98. The zero-order valence-corrected chi connectivity index (χ0v) is 16.1. The van der Waals surface area contributed by atoms with E-state index in [0.29, 0.717) is 18.2 Å². The zero-order chi connectivity index (χ0) is 19.5. The van der Waals surface area contributed by atoms with Crippen molar-refractivity contribution < 1.29 is 14.6 Å². The number of aromatic nitrogens is 3. The molecule has 0 unspecified atom stereocenters. The van der Waals surface area contributed by atoms with Crippen molar-refractivity contribution in [3.63, 3.8) is 0 Å². The molecule has 0 amide bonds. The number of hydrogen-bond donors (Lipinski definition) is 1. The van der Waals surface area contributed by atoms with Crippen LogP contribution < -0.4 is 4.74 Å². The van der Waals surface area contributed by atoms with Gasteiger partial charge in [-0.1, -0.05) is 38.3 Å². The molecule has 2 heterocycles. The van der Waals surface area contributed by atoms with Gasteiger partial charge in [0.15, 0.2) is 5.65 Å². The second kappa shape index (κ2) is 8.00. The Bertz CT molecular complexity index is 973. The standard InChI is InChI=1S/C22H25N3O3/c1-2-12-28-17-10-8-15(9-11-17)18-13-23-21-19(22(26)27)14-24-25(21)20(18)16-6-4-3-5-7-16/h8-11,13-14,16H,2-7,12H2,1H3,(H,26,27). The molecule has 1 N–H and O–H groups in total. The molecule has 0 bridgehead atoms. The molecule has 146 valence electrons. The second-order valence-electron chi connectivity index (χ2n) is 7.36. The Balaban J connectivity index is 1.81. The van der Waals surface area contributed by atoms with E-state index < -0.39 is 5.97 Å². The first-order valence-corrected chi connectivity index (χ1v) is 10.0. The van der Waals surface area contributed by atoms with E-state index >= 15 is 0 Å². The monoisotopic (exact) mass is 379 g/mol. The predicted molar refractivity (Wildman–Crippen MR) is 107 cm³/mol. The van der Waals surface area contributed by atoms with Crippen LogP contribution in [-0.2, 0) is 0 Å². The van der Waals surface area contributed by atoms with E-state index in [-0.39, 0.29) is 5.56 Å². The van der Waals surface area contributed by atoms with Crippen LogP contribution in [0, 0.1) is 0 Å². The Morgan fingerprint density at radius 2 is 1.93 bits per heavy atom. The number of rotatable bonds is 6. The summed E-state index contributed by atoms with van der Waals surface area (Å²) in [6, 6.07) is 8.04. The molecule has 1 aromatic carbocycles. The largest absolute Gasteiger partial charge is 0.494 e. The first-order chi connectivity index (χ1) is 13.7. The molecule has 0 aliphatic heterocycles. The Hall–Kier alpha value is -2.89. The average Bonchev–Trinajstić information content (AvgIpc) is 3.17. The van der Waals surface area contributed by atoms with Gasteiger partial charge in [0.25, 0.3) is 0 Å². The number of aromatic carboxylic acids is 1. The van der Waals surface area contributed by atoms with Crippen LogP contribution >= 0.6 is 0 Å². The minimum atomic E-state index is -0.998. The molecule has 1 aliphatic rings. The maximum absolute atomic E-state index is 11.5.